The molecule has 23 heavy (non-hydrogen) atoms. The SMILES string of the molecule is CC(=O)/C=C(/C)O.CC(C)CO.CC(C)CO.CC(C)CO.[Zr]. The van der Waals surface area contributed by atoms with Gasteiger partial charge in [0.2, 0.25) is 0 Å². The molecule has 0 spiro atoms. The van der Waals surface area contributed by atoms with Gasteiger partial charge in [0.25, 0.3) is 0 Å². The zero-order valence-corrected chi connectivity index (χ0v) is 18.6. The molecule has 0 aromatic carbocycles. The molecular formula is C17H38O5Zr. The molecule has 0 amide bonds. The van der Waals surface area contributed by atoms with Crippen LogP contribution >= 0.6 is 0 Å². The molecule has 0 unspecified atom stereocenters. The van der Waals surface area contributed by atoms with Crippen LogP contribution in [0.2, 0.25) is 0 Å². The van der Waals surface area contributed by atoms with Crippen LogP contribution in [-0.4, -0.2) is 46.0 Å². The average molecular weight is 414 g/mol. The second-order valence-corrected chi connectivity index (χ2v) is 6.13. The van der Waals surface area contributed by atoms with Crippen LogP contribution in [0, 0.1) is 17.8 Å². The van der Waals surface area contributed by atoms with Gasteiger partial charge in [-0.25, -0.2) is 0 Å². The molecular weight excluding hydrogens is 375 g/mol. The first-order chi connectivity index (χ1) is 9.94. The summed E-state index contributed by atoms with van der Waals surface area (Å²) < 4.78 is 0. The van der Waals surface area contributed by atoms with E-state index in [2.05, 4.69) is 0 Å². The van der Waals surface area contributed by atoms with E-state index in [0.717, 1.165) is 0 Å². The van der Waals surface area contributed by atoms with Gasteiger partial charge in [0.15, 0.2) is 5.78 Å². The van der Waals surface area contributed by atoms with Crippen LogP contribution in [0.3, 0.4) is 0 Å². The second kappa shape index (κ2) is 26.8. The van der Waals surface area contributed by atoms with Gasteiger partial charge < -0.3 is 20.4 Å². The Balaban J connectivity index is -0.0000000625. The third kappa shape index (κ3) is 88.1. The van der Waals surface area contributed by atoms with E-state index in [1.165, 1.54) is 19.9 Å². The Kier molecular flexibility index (Phi) is 40.1. The molecule has 0 aliphatic carbocycles. The molecule has 0 atom stereocenters. The van der Waals surface area contributed by atoms with Crippen molar-refractivity contribution in [3.8, 4) is 0 Å². The largest absolute Gasteiger partial charge is 0.512 e. The molecule has 4 N–H and O–H groups in total. The topological polar surface area (TPSA) is 98.0 Å². The summed E-state index contributed by atoms with van der Waals surface area (Å²) in [4.78, 5) is 10.0. The number of aliphatic hydroxyl groups is 4. The van der Waals surface area contributed by atoms with Crippen molar-refractivity contribution >= 4 is 5.78 Å². The third-order valence-corrected chi connectivity index (χ3v) is 1.51. The number of rotatable bonds is 4. The first-order valence-corrected chi connectivity index (χ1v) is 7.64. The maximum Gasteiger partial charge on any atom is 0.155 e. The van der Waals surface area contributed by atoms with Gasteiger partial charge in [-0.1, -0.05) is 41.5 Å². The van der Waals surface area contributed by atoms with Crippen molar-refractivity contribution in [3.63, 3.8) is 0 Å². The summed E-state index contributed by atoms with van der Waals surface area (Å²) in [5.74, 6) is 1.26. The monoisotopic (exact) mass is 412 g/mol. The van der Waals surface area contributed by atoms with Gasteiger partial charge in [-0.15, -0.1) is 0 Å². The minimum Gasteiger partial charge on any atom is -0.512 e. The van der Waals surface area contributed by atoms with Gasteiger partial charge >= 0.3 is 0 Å². The molecule has 0 saturated carbocycles. The van der Waals surface area contributed by atoms with Crippen molar-refractivity contribution in [2.75, 3.05) is 19.8 Å². The molecule has 0 aliphatic heterocycles. The molecule has 6 heteroatoms. The minimum atomic E-state index is -0.125. The molecule has 0 aromatic heterocycles. The zero-order valence-electron chi connectivity index (χ0n) is 16.1. The number of aliphatic hydroxyl groups excluding tert-OH is 4. The molecule has 140 valence electrons. The maximum absolute atomic E-state index is 10.0. The molecule has 0 rings (SSSR count). The molecule has 0 heterocycles. The Morgan fingerprint density at radius 2 is 0.957 bits per heavy atom. The zero-order chi connectivity index (χ0) is 18.7. The summed E-state index contributed by atoms with van der Waals surface area (Å²) in [5, 5.41) is 32.8. The van der Waals surface area contributed by atoms with Crippen LogP contribution in [0.25, 0.3) is 0 Å². The number of allylic oxidation sites excluding steroid dienone is 2. The molecule has 0 aliphatic rings. The van der Waals surface area contributed by atoms with E-state index in [9.17, 15) is 4.79 Å². The fraction of sp³-hybridized carbons (Fsp3) is 0.824. The molecule has 0 fully saturated rings. The summed E-state index contributed by atoms with van der Waals surface area (Å²) in [5.41, 5.74) is 0. The van der Waals surface area contributed by atoms with Gasteiger partial charge in [-0.2, -0.15) is 0 Å². The molecule has 0 aromatic rings. The van der Waals surface area contributed by atoms with Crippen LogP contribution in [0.5, 0.6) is 0 Å². The normalized spacial score (nSPS) is 9.74. The molecule has 0 saturated heterocycles. The van der Waals surface area contributed by atoms with Crippen molar-refractivity contribution in [2.24, 2.45) is 17.8 Å². The van der Waals surface area contributed by atoms with Gasteiger partial charge in [-0.3, -0.25) is 4.79 Å². The summed E-state index contributed by atoms with van der Waals surface area (Å²) >= 11 is 0. The summed E-state index contributed by atoms with van der Waals surface area (Å²) in [6, 6.07) is 0. The summed E-state index contributed by atoms with van der Waals surface area (Å²) in [7, 11) is 0. The van der Waals surface area contributed by atoms with Crippen LogP contribution < -0.4 is 0 Å². The van der Waals surface area contributed by atoms with Crippen LogP contribution in [0.4, 0.5) is 0 Å². The predicted molar refractivity (Wildman–Crippen MR) is 92.8 cm³/mol. The fourth-order valence-corrected chi connectivity index (χ4v) is 0.294. The Bertz CT molecular complexity index is 228. The van der Waals surface area contributed by atoms with Crippen molar-refractivity contribution in [2.45, 2.75) is 55.4 Å². The maximum atomic E-state index is 10.0. The summed E-state index contributed by atoms with van der Waals surface area (Å²) in [6.45, 7) is 15.6. The van der Waals surface area contributed by atoms with Crippen molar-refractivity contribution in [1.29, 1.82) is 0 Å². The van der Waals surface area contributed by atoms with E-state index in [-0.39, 0.29) is 37.7 Å². The van der Waals surface area contributed by atoms with E-state index in [4.69, 9.17) is 20.4 Å². The average Bonchev–Trinajstić information content (AvgIpc) is 2.38. The Morgan fingerprint density at radius 1 is 0.783 bits per heavy atom. The number of carbonyl (C=O) groups excluding carboxylic acids is 1. The van der Waals surface area contributed by atoms with Gasteiger partial charge in [-0.05, 0) is 31.6 Å². The van der Waals surface area contributed by atoms with E-state index in [1.54, 1.807) is 0 Å². The van der Waals surface area contributed by atoms with Gasteiger partial charge in [0.1, 0.15) is 0 Å². The Morgan fingerprint density at radius 3 is 0.957 bits per heavy atom. The first-order valence-electron chi connectivity index (χ1n) is 7.64. The smallest absolute Gasteiger partial charge is 0.155 e. The van der Waals surface area contributed by atoms with E-state index in [1.807, 2.05) is 41.5 Å². The van der Waals surface area contributed by atoms with E-state index in [0.29, 0.717) is 37.6 Å². The van der Waals surface area contributed by atoms with Gasteiger partial charge in [0.05, 0.1) is 5.76 Å². The van der Waals surface area contributed by atoms with Crippen LogP contribution in [-0.2, 0) is 31.0 Å². The number of ketones is 1. The standard InChI is InChI=1S/C5H8O2.3C4H10O.Zr/c1-4(6)3-5(2)7;3*1-4(2)3-5;/h3,6H,1-2H3;3*4-5H,3H2,1-2H3;/b4-3-;;;;. The van der Waals surface area contributed by atoms with Crippen molar-refractivity contribution < 1.29 is 51.4 Å². The van der Waals surface area contributed by atoms with Crippen LogP contribution in [0.1, 0.15) is 55.4 Å². The number of hydrogen-bond acceptors (Lipinski definition) is 5. The van der Waals surface area contributed by atoms with Crippen LogP contribution in [0.15, 0.2) is 11.8 Å². The summed E-state index contributed by atoms with van der Waals surface area (Å²) in [6.07, 6.45) is 1.17. The second-order valence-electron chi connectivity index (χ2n) is 6.13. The third-order valence-electron chi connectivity index (χ3n) is 1.51. The Hall–Kier alpha value is -0.0269. The van der Waals surface area contributed by atoms with E-state index >= 15 is 0 Å². The molecule has 0 bridgehead atoms. The van der Waals surface area contributed by atoms with Gasteiger partial charge in [0, 0.05) is 52.1 Å². The molecule has 5 nitrogen and oxygen atoms in total. The van der Waals surface area contributed by atoms with E-state index < -0.39 is 0 Å². The first kappa shape index (κ1) is 34.3. The predicted octanol–water partition coefficient (Wildman–Crippen LogP) is 2.94. The fourth-order valence-electron chi connectivity index (χ4n) is 0.294. The van der Waals surface area contributed by atoms with Crippen molar-refractivity contribution in [1.82, 2.24) is 0 Å². The molecule has 0 radical (unpaired) electrons. The number of hydrogen-bond donors (Lipinski definition) is 4. The Labute approximate surface area is 161 Å². The minimum absolute atomic E-state index is 0. The number of carbonyl (C=O) groups is 1. The quantitative estimate of drug-likeness (QED) is 0.420. The van der Waals surface area contributed by atoms with Crippen molar-refractivity contribution in [3.05, 3.63) is 11.8 Å².